The fraction of sp³-hybridized carbons (Fsp3) is 0.286. The van der Waals surface area contributed by atoms with Gasteiger partial charge in [-0.3, -0.25) is 4.79 Å². The van der Waals surface area contributed by atoms with E-state index in [-0.39, 0.29) is 17.9 Å². The summed E-state index contributed by atoms with van der Waals surface area (Å²) < 4.78 is 5.52. The number of hydrazone groups is 1. The van der Waals surface area contributed by atoms with Gasteiger partial charge in [0.05, 0.1) is 11.0 Å². The second kappa shape index (κ2) is 7.61. The Labute approximate surface area is 158 Å². The van der Waals surface area contributed by atoms with Crippen molar-refractivity contribution in [1.29, 1.82) is 0 Å². The Morgan fingerprint density at radius 3 is 2.52 bits per heavy atom. The lowest BCUT2D eigenvalue weighted by atomic mass is 9.87. The van der Waals surface area contributed by atoms with Gasteiger partial charge in [-0.1, -0.05) is 45.0 Å². The molecule has 1 amide bonds. The Morgan fingerprint density at radius 1 is 1.15 bits per heavy atom. The van der Waals surface area contributed by atoms with Gasteiger partial charge in [-0.2, -0.15) is 5.10 Å². The lowest BCUT2D eigenvalue weighted by Crippen LogP contribution is -2.25. The highest BCUT2D eigenvalue weighted by atomic mass is 16.5. The molecule has 0 unspecified atom stereocenters. The van der Waals surface area contributed by atoms with Crippen LogP contribution in [0.5, 0.6) is 5.75 Å². The molecule has 0 aliphatic heterocycles. The Bertz CT molecular complexity index is 933. The van der Waals surface area contributed by atoms with Crippen LogP contribution in [-0.4, -0.2) is 28.2 Å². The number of aromatic amines is 1. The molecule has 2 aromatic carbocycles. The van der Waals surface area contributed by atoms with Gasteiger partial charge in [0.15, 0.2) is 12.4 Å². The first-order valence-electron chi connectivity index (χ1n) is 8.84. The van der Waals surface area contributed by atoms with Crippen LogP contribution in [0, 0.1) is 0 Å². The summed E-state index contributed by atoms with van der Waals surface area (Å²) in [7, 11) is 0. The molecule has 0 radical (unpaired) electrons. The summed E-state index contributed by atoms with van der Waals surface area (Å²) in [6.07, 6.45) is 0. The molecule has 0 atom stereocenters. The zero-order valence-electron chi connectivity index (χ0n) is 16.0. The van der Waals surface area contributed by atoms with Gasteiger partial charge in [-0.25, -0.2) is 10.4 Å². The maximum absolute atomic E-state index is 12.0. The molecule has 0 aliphatic carbocycles. The molecule has 3 rings (SSSR count). The molecule has 27 heavy (non-hydrogen) atoms. The number of H-pyrrole nitrogens is 1. The van der Waals surface area contributed by atoms with Gasteiger partial charge in [0.2, 0.25) is 0 Å². The van der Waals surface area contributed by atoms with Gasteiger partial charge in [0, 0.05) is 0 Å². The molecule has 6 nitrogen and oxygen atoms in total. The SMILES string of the molecule is C/C(=N\NC(=O)COc1ccc(C(C)(C)C)cc1)c1nc2ccccc2[nH]1. The molecule has 0 fully saturated rings. The normalized spacial score (nSPS) is 12.2. The van der Waals surface area contributed by atoms with Crippen LogP contribution < -0.4 is 10.2 Å². The highest BCUT2D eigenvalue weighted by Crippen LogP contribution is 2.24. The highest BCUT2D eigenvalue weighted by molar-refractivity contribution is 5.98. The summed E-state index contributed by atoms with van der Waals surface area (Å²) in [5.74, 6) is 0.941. The van der Waals surface area contributed by atoms with Crippen LogP contribution in [-0.2, 0) is 10.2 Å². The molecule has 1 heterocycles. The van der Waals surface area contributed by atoms with E-state index in [1.54, 1.807) is 6.92 Å². The van der Waals surface area contributed by atoms with Gasteiger partial charge in [-0.05, 0) is 42.2 Å². The van der Waals surface area contributed by atoms with E-state index < -0.39 is 0 Å². The fourth-order valence-electron chi connectivity index (χ4n) is 2.56. The smallest absolute Gasteiger partial charge is 0.277 e. The van der Waals surface area contributed by atoms with E-state index in [4.69, 9.17) is 4.74 Å². The van der Waals surface area contributed by atoms with E-state index >= 15 is 0 Å². The number of imidazole rings is 1. The van der Waals surface area contributed by atoms with Crippen molar-refractivity contribution < 1.29 is 9.53 Å². The van der Waals surface area contributed by atoms with Crippen molar-refractivity contribution in [2.45, 2.75) is 33.1 Å². The standard InChI is InChI=1S/C21H24N4O2/c1-14(20-22-17-7-5-6-8-18(17)23-20)24-25-19(26)13-27-16-11-9-15(10-12-16)21(2,3)4/h5-12H,13H2,1-4H3,(H,22,23)(H,25,26)/b24-14+. The van der Waals surface area contributed by atoms with Crippen molar-refractivity contribution in [3.63, 3.8) is 0 Å². The predicted molar refractivity (Wildman–Crippen MR) is 107 cm³/mol. The van der Waals surface area contributed by atoms with Crippen LogP contribution >= 0.6 is 0 Å². The van der Waals surface area contributed by atoms with Crippen LogP contribution in [0.15, 0.2) is 53.6 Å². The quantitative estimate of drug-likeness (QED) is 0.534. The number of nitrogens with zero attached hydrogens (tertiary/aromatic N) is 2. The van der Waals surface area contributed by atoms with Crippen molar-refractivity contribution >= 4 is 22.7 Å². The third-order valence-corrected chi connectivity index (χ3v) is 4.17. The van der Waals surface area contributed by atoms with Crippen LogP contribution in [0.1, 0.15) is 39.1 Å². The molecule has 0 bridgehead atoms. The van der Waals surface area contributed by atoms with Crippen molar-refractivity contribution in [2.75, 3.05) is 6.61 Å². The van der Waals surface area contributed by atoms with Crippen molar-refractivity contribution in [3.05, 3.63) is 59.9 Å². The number of aromatic nitrogens is 2. The van der Waals surface area contributed by atoms with E-state index in [1.165, 1.54) is 5.56 Å². The molecule has 2 N–H and O–H groups in total. The first-order chi connectivity index (χ1) is 12.8. The Kier molecular flexibility index (Phi) is 5.26. The van der Waals surface area contributed by atoms with E-state index in [2.05, 4.69) is 41.3 Å². The predicted octanol–water partition coefficient (Wildman–Crippen LogP) is 3.78. The minimum atomic E-state index is -0.328. The number of para-hydroxylation sites is 2. The van der Waals surface area contributed by atoms with Crippen LogP contribution in [0.2, 0.25) is 0 Å². The average molecular weight is 364 g/mol. The number of carbonyl (C=O) groups excluding carboxylic acids is 1. The van der Waals surface area contributed by atoms with Crippen molar-refractivity contribution in [1.82, 2.24) is 15.4 Å². The van der Waals surface area contributed by atoms with Crippen LogP contribution in [0.4, 0.5) is 0 Å². The monoisotopic (exact) mass is 364 g/mol. The van der Waals surface area contributed by atoms with Gasteiger partial charge in [0.1, 0.15) is 11.5 Å². The second-order valence-electron chi connectivity index (χ2n) is 7.40. The van der Waals surface area contributed by atoms with E-state index in [0.717, 1.165) is 11.0 Å². The van der Waals surface area contributed by atoms with E-state index in [0.29, 0.717) is 17.3 Å². The van der Waals surface area contributed by atoms with Crippen molar-refractivity contribution in [3.8, 4) is 5.75 Å². The molecular weight excluding hydrogens is 340 g/mol. The molecule has 3 aromatic rings. The summed E-state index contributed by atoms with van der Waals surface area (Å²) in [6, 6.07) is 15.5. The fourth-order valence-corrected chi connectivity index (χ4v) is 2.56. The number of fused-ring (bicyclic) bond motifs is 1. The Hall–Kier alpha value is -3.15. The van der Waals surface area contributed by atoms with Gasteiger partial charge in [0.25, 0.3) is 5.91 Å². The Morgan fingerprint density at radius 2 is 1.85 bits per heavy atom. The lowest BCUT2D eigenvalue weighted by Gasteiger charge is -2.19. The number of nitrogens with one attached hydrogen (secondary N) is 2. The summed E-state index contributed by atoms with van der Waals surface area (Å²) >= 11 is 0. The molecule has 0 saturated carbocycles. The molecule has 140 valence electrons. The summed E-state index contributed by atoms with van der Waals surface area (Å²) in [4.78, 5) is 19.6. The number of benzene rings is 2. The minimum Gasteiger partial charge on any atom is -0.484 e. The lowest BCUT2D eigenvalue weighted by molar-refractivity contribution is -0.123. The van der Waals surface area contributed by atoms with Gasteiger partial charge in [-0.15, -0.1) is 0 Å². The Balaban J connectivity index is 1.55. The van der Waals surface area contributed by atoms with Gasteiger partial charge >= 0.3 is 0 Å². The molecule has 1 aromatic heterocycles. The number of amides is 1. The maximum Gasteiger partial charge on any atom is 0.277 e. The molecule has 6 heteroatoms. The van der Waals surface area contributed by atoms with E-state index in [9.17, 15) is 4.79 Å². The number of hydrogen-bond acceptors (Lipinski definition) is 4. The summed E-state index contributed by atoms with van der Waals surface area (Å²) in [6.45, 7) is 8.13. The molecular formula is C21H24N4O2. The zero-order chi connectivity index (χ0) is 19.4. The third kappa shape index (κ3) is 4.73. The number of hydrogen-bond donors (Lipinski definition) is 2. The first-order valence-corrected chi connectivity index (χ1v) is 8.84. The zero-order valence-corrected chi connectivity index (χ0v) is 16.0. The van der Waals surface area contributed by atoms with Gasteiger partial charge < -0.3 is 9.72 Å². The topological polar surface area (TPSA) is 79.4 Å². The second-order valence-corrected chi connectivity index (χ2v) is 7.40. The minimum absolute atomic E-state index is 0.0821. The first kappa shape index (κ1) is 18.6. The third-order valence-electron chi connectivity index (χ3n) is 4.17. The molecule has 0 spiro atoms. The van der Waals surface area contributed by atoms with Crippen molar-refractivity contribution in [2.24, 2.45) is 5.10 Å². The van der Waals surface area contributed by atoms with Crippen LogP contribution in [0.25, 0.3) is 11.0 Å². The maximum atomic E-state index is 12.0. The molecule has 0 aliphatic rings. The largest absolute Gasteiger partial charge is 0.484 e. The summed E-state index contributed by atoms with van der Waals surface area (Å²) in [5, 5.41) is 4.09. The number of rotatable bonds is 5. The van der Waals surface area contributed by atoms with Crippen LogP contribution in [0.3, 0.4) is 0 Å². The number of ether oxygens (including phenoxy) is 1. The highest BCUT2D eigenvalue weighted by Gasteiger charge is 2.13. The van der Waals surface area contributed by atoms with E-state index in [1.807, 2.05) is 48.5 Å². The average Bonchev–Trinajstić information content (AvgIpc) is 3.08. The number of carbonyl (C=O) groups is 1. The summed E-state index contributed by atoms with van der Waals surface area (Å²) in [5.41, 5.74) is 6.17. The molecule has 0 saturated heterocycles.